The fourth-order valence-corrected chi connectivity index (χ4v) is 3.30. The summed E-state index contributed by atoms with van der Waals surface area (Å²) in [7, 11) is 1.35. The van der Waals surface area contributed by atoms with Gasteiger partial charge in [0.25, 0.3) is 0 Å². The second kappa shape index (κ2) is 6.22. The van der Waals surface area contributed by atoms with Gasteiger partial charge in [0.1, 0.15) is 11.6 Å². The molecule has 2 fully saturated rings. The van der Waals surface area contributed by atoms with Gasteiger partial charge in [0.05, 0.1) is 7.11 Å². The predicted molar refractivity (Wildman–Crippen MR) is 77.8 cm³/mol. The third kappa shape index (κ3) is 4.33. The van der Waals surface area contributed by atoms with E-state index >= 15 is 0 Å². The maximum absolute atomic E-state index is 12.0. The van der Waals surface area contributed by atoms with Gasteiger partial charge in [0.2, 0.25) is 0 Å². The number of esters is 1. The monoisotopic (exact) mass is 298 g/mol. The Labute approximate surface area is 125 Å². The van der Waals surface area contributed by atoms with E-state index < -0.39 is 23.7 Å². The van der Waals surface area contributed by atoms with Crippen molar-refractivity contribution in [3.05, 3.63) is 0 Å². The Hall–Kier alpha value is -1.30. The number of fused-ring (bicyclic) bond motifs is 2. The van der Waals surface area contributed by atoms with Crippen molar-refractivity contribution in [3.8, 4) is 0 Å². The Morgan fingerprint density at radius 1 is 1.19 bits per heavy atom. The molecule has 3 unspecified atom stereocenters. The average molecular weight is 298 g/mol. The molecule has 2 saturated heterocycles. The molecular weight excluding hydrogens is 272 g/mol. The minimum Gasteiger partial charge on any atom is -0.467 e. The molecule has 2 aliphatic rings. The van der Waals surface area contributed by atoms with Crippen LogP contribution >= 0.6 is 0 Å². The molecular formula is C15H26N2O4. The van der Waals surface area contributed by atoms with Crippen molar-refractivity contribution in [2.24, 2.45) is 5.92 Å². The topological polar surface area (TPSA) is 76.7 Å². The highest BCUT2D eigenvalue weighted by Gasteiger charge is 2.41. The summed E-state index contributed by atoms with van der Waals surface area (Å²) in [6.07, 6.45) is 3.48. The first-order valence-electron chi connectivity index (χ1n) is 7.62. The lowest BCUT2D eigenvalue weighted by Gasteiger charge is -2.34. The van der Waals surface area contributed by atoms with E-state index in [-0.39, 0.29) is 5.92 Å². The van der Waals surface area contributed by atoms with Crippen molar-refractivity contribution in [1.29, 1.82) is 0 Å². The maximum atomic E-state index is 12.0. The van der Waals surface area contributed by atoms with Crippen molar-refractivity contribution in [3.63, 3.8) is 0 Å². The van der Waals surface area contributed by atoms with Crippen LogP contribution < -0.4 is 10.6 Å². The van der Waals surface area contributed by atoms with Crippen molar-refractivity contribution in [2.45, 2.75) is 70.2 Å². The summed E-state index contributed by atoms with van der Waals surface area (Å²) in [6.45, 7) is 5.39. The van der Waals surface area contributed by atoms with Crippen LogP contribution in [-0.4, -0.2) is 42.9 Å². The fraction of sp³-hybridized carbons (Fsp3) is 0.867. The highest BCUT2D eigenvalue weighted by Crippen LogP contribution is 2.33. The van der Waals surface area contributed by atoms with Gasteiger partial charge in [-0.25, -0.2) is 9.59 Å². The van der Waals surface area contributed by atoms with Gasteiger partial charge in [0, 0.05) is 12.1 Å². The zero-order valence-electron chi connectivity index (χ0n) is 13.3. The first kappa shape index (κ1) is 16.1. The summed E-state index contributed by atoms with van der Waals surface area (Å²) in [4.78, 5) is 24.0. The van der Waals surface area contributed by atoms with Crippen molar-refractivity contribution in [1.82, 2.24) is 10.6 Å². The van der Waals surface area contributed by atoms with Gasteiger partial charge in [-0.2, -0.15) is 0 Å². The molecule has 0 aromatic carbocycles. The summed E-state index contributed by atoms with van der Waals surface area (Å²) in [6, 6.07) is 0.262. The normalized spacial score (nSPS) is 29.6. The lowest BCUT2D eigenvalue weighted by Crippen LogP contribution is -2.52. The van der Waals surface area contributed by atoms with Crippen LogP contribution in [0, 0.1) is 5.92 Å². The SMILES string of the molecule is COC(=O)C(NC(=O)OC(C)(C)C)C1CC2CCC(C1)N2. The molecule has 2 bridgehead atoms. The third-order valence-electron chi connectivity index (χ3n) is 4.11. The smallest absolute Gasteiger partial charge is 0.408 e. The van der Waals surface area contributed by atoms with E-state index in [9.17, 15) is 9.59 Å². The number of carbonyl (C=O) groups excluding carboxylic acids is 2. The third-order valence-corrected chi connectivity index (χ3v) is 4.11. The van der Waals surface area contributed by atoms with E-state index in [0.29, 0.717) is 12.1 Å². The number of amides is 1. The van der Waals surface area contributed by atoms with E-state index in [4.69, 9.17) is 9.47 Å². The van der Waals surface area contributed by atoms with Crippen LogP contribution in [0.2, 0.25) is 0 Å². The van der Waals surface area contributed by atoms with Gasteiger partial charge in [-0.3, -0.25) is 0 Å². The van der Waals surface area contributed by atoms with Gasteiger partial charge < -0.3 is 20.1 Å². The Morgan fingerprint density at radius 2 is 1.76 bits per heavy atom. The molecule has 2 heterocycles. The standard InChI is InChI=1S/C15H26N2O4/c1-15(2,3)21-14(19)17-12(13(18)20-4)9-7-10-5-6-11(8-9)16-10/h9-12,16H,5-8H2,1-4H3,(H,17,19). The number of piperidine rings is 1. The predicted octanol–water partition coefficient (Wildman–Crippen LogP) is 1.58. The molecule has 6 heteroatoms. The fourth-order valence-electron chi connectivity index (χ4n) is 3.30. The van der Waals surface area contributed by atoms with E-state index in [1.54, 1.807) is 20.8 Å². The Morgan fingerprint density at radius 3 is 2.24 bits per heavy atom. The number of hydrogen-bond acceptors (Lipinski definition) is 5. The van der Waals surface area contributed by atoms with Crippen molar-refractivity contribution >= 4 is 12.1 Å². The number of rotatable bonds is 3. The summed E-state index contributed by atoms with van der Waals surface area (Å²) < 4.78 is 10.1. The van der Waals surface area contributed by atoms with Gasteiger partial charge in [-0.1, -0.05) is 0 Å². The molecule has 0 aromatic rings. The van der Waals surface area contributed by atoms with Crippen molar-refractivity contribution < 1.29 is 19.1 Å². The molecule has 0 radical (unpaired) electrons. The van der Waals surface area contributed by atoms with Crippen LogP contribution in [0.1, 0.15) is 46.5 Å². The summed E-state index contributed by atoms with van der Waals surface area (Å²) in [5.74, 6) is -0.295. The Kier molecular flexibility index (Phi) is 4.76. The molecule has 3 atom stereocenters. The Balaban J connectivity index is 2.01. The zero-order chi connectivity index (χ0) is 15.6. The highest BCUT2D eigenvalue weighted by molar-refractivity contribution is 5.81. The maximum Gasteiger partial charge on any atom is 0.408 e. The van der Waals surface area contributed by atoms with Crippen LogP contribution in [0.15, 0.2) is 0 Å². The van der Waals surface area contributed by atoms with Gasteiger partial charge in [-0.15, -0.1) is 0 Å². The Bertz CT molecular complexity index is 393. The van der Waals surface area contributed by atoms with Crippen molar-refractivity contribution in [2.75, 3.05) is 7.11 Å². The minimum atomic E-state index is -0.630. The number of hydrogen-bond donors (Lipinski definition) is 2. The van der Waals surface area contributed by atoms with E-state index in [0.717, 1.165) is 25.7 Å². The molecule has 0 aliphatic carbocycles. The largest absolute Gasteiger partial charge is 0.467 e. The number of carbonyl (C=O) groups is 2. The highest BCUT2D eigenvalue weighted by atomic mass is 16.6. The summed E-state index contributed by atoms with van der Waals surface area (Å²) in [5, 5.41) is 6.23. The molecule has 0 aromatic heterocycles. The molecule has 21 heavy (non-hydrogen) atoms. The lowest BCUT2D eigenvalue weighted by molar-refractivity contribution is -0.145. The molecule has 6 nitrogen and oxygen atoms in total. The van der Waals surface area contributed by atoms with Gasteiger partial charge in [0.15, 0.2) is 0 Å². The first-order chi connectivity index (χ1) is 9.78. The van der Waals surface area contributed by atoms with E-state index in [1.165, 1.54) is 7.11 Å². The van der Waals surface area contributed by atoms with Gasteiger partial charge >= 0.3 is 12.1 Å². The molecule has 0 saturated carbocycles. The van der Waals surface area contributed by atoms with Crippen LogP contribution in [0.5, 0.6) is 0 Å². The van der Waals surface area contributed by atoms with Gasteiger partial charge in [-0.05, 0) is 52.4 Å². The molecule has 120 valence electrons. The number of methoxy groups -OCH3 is 1. The molecule has 0 spiro atoms. The lowest BCUT2D eigenvalue weighted by atomic mass is 9.86. The first-order valence-corrected chi connectivity index (χ1v) is 7.62. The number of alkyl carbamates (subject to hydrolysis) is 1. The second-order valence-corrected chi connectivity index (χ2v) is 7.02. The quantitative estimate of drug-likeness (QED) is 0.774. The van der Waals surface area contributed by atoms with E-state index in [2.05, 4.69) is 10.6 Å². The van der Waals surface area contributed by atoms with Crippen LogP contribution in [0.4, 0.5) is 4.79 Å². The number of ether oxygens (including phenoxy) is 2. The summed E-state index contributed by atoms with van der Waals surface area (Å²) in [5.41, 5.74) is -0.585. The van der Waals surface area contributed by atoms with Crippen LogP contribution in [0.3, 0.4) is 0 Å². The van der Waals surface area contributed by atoms with Crippen LogP contribution in [-0.2, 0) is 14.3 Å². The minimum absolute atomic E-state index is 0.101. The molecule has 2 N–H and O–H groups in total. The second-order valence-electron chi connectivity index (χ2n) is 7.02. The molecule has 2 rings (SSSR count). The van der Waals surface area contributed by atoms with E-state index in [1.807, 2.05) is 0 Å². The summed E-state index contributed by atoms with van der Waals surface area (Å²) >= 11 is 0. The van der Waals surface area contributed by atoms with Crippen LogP contribution in [0.25, 0.3) is 0 Å². The number of nitrogens with one attached hydrogen (secondary N) is 2. The average Bonchev–Trinajstić information content (AvgIpc) is 2.72. The molecule has 2 aliphatic heterocycles. The molecule has 1 amide bonds. The zero-order valence-corrected chi connectivity index (χ0v) is 13.3.